The van der Waals surface area contributed by atoms with Crippen LogP contribution in [0.5, 0.6) is 0 Å². The predicted molar refractivity (Wildman–Crippen MR) is 87.4 cm³/mol. The molecule has 0 N–H and O–H groups in total. The van der Waals surface area contributed by atoms with Gasteiger partial charge in [0, 0.05) is 10.5 Å². The van der Waals surface area contributed by atoms with Crippen LogP contribution < -0.4 is 0 Å². The maximum absolute atomic E-state index is 12.4. The highest BCUT2D eigenvalue weighted by molar-refractivity contribution is 7.85. The number of carbonyl (C=O) groups is 1. The molecule has 3 heteroatoms. The third-order valence-corrected chi connectivity index (χ3v) is 4.99. The molecule has 1 unspecified atom stereocenters. The summed E-state index contributed by atoms with van der Waals surface area (Å²) in [5.41, 5.74) is 4.99. The molecule has 0 aliphatic carbocycles. The van der Waals surface area contributed by atoms with Gasteiger partial charge in [0.2, 0.25) is 0 Å². The largest absolute Gasteiger partial charge is 0.293 e. The first-order valence-corrected chi connectivity index (χ1v) is 8.26. The number of benzene rings is 2. The summed E-state index contributed by atoms with van der Waals surface area (Å²) in [4.78, 5) is 13.0. The van der Waals surface area contributed by atoms with E-state index in [-0.39, 0.29) is 11.5 Å². The Labute approximate surface area is 128 Å². The average Bonchev–Trinajstić information content (AvgIpc) is 2.41. The lowest BCUT2D eigenvalue weighted by Crippen LogP contribution is -2.12. The molecule has 2 aromatic rings. The zero-order valence-corrected chi connectivity index (χ0v) is 13.7. The van der Waals surface area contributed by atoms with Gasteiger partial charge in [0.25, 0.3) is 0 Å². The standard InChI is InChI=1S/C18H20O2S/c1-12-5-8-17(15(4)9-12)18(19)11-21(20)16-7-6-13(2)14(3)10-16/h5-10H,11H2,1-4H3. The normalized spacial score (nSPS) is 12.2. The summed E-state index contributed by atoms with van der Waals surface area (Å²) in [6, 6.07) is 11.4. The Morgan fingerprint density at radius 3 is 2.24 bits per heavy atom. The van der Waals surface area contributed by atoms with E-state index in [1.54, 1.807) is 0 Å². The van der Waals surface area contributed by atoms with E-state index in [2.05, 4.69) is 0 Å². The maximum Gasteiger partial charge on any atom is 0.175 e. The fraction of sp³-hybridized carbons (Fsp3) is 0.278. The minimum atomic E-state index is -1.30. The molecule has 0 amide bonds. The van der Waals surface area contributed by atoms with Crippen LogP contribution in [0, 0.1) is 27.7 Å². The van der Waals surface area contributed by atoms with Crippen LogP contribution in [0.1, 0.15) is 32.6 Å². The summed E-state index contributed by atoms with van der Waals surface area (Å²) < 4.78 is 12.4. The van der Waals surface area contributed by atoms with E-state index in [4.69, 9.17) is 0 Å². The van der Waals surface area contributed by atoms with E-state index < -0.39 is 10.8 Å². The van der Waals surface area contributed by atoms with Crippen molar-refractivity contribution in [3.05, 3.63) is 64.2 Å². The highest BCUT2D eigenvalue weighted by atomic mass is 32.2. The van der Waals surface area contributed by atoms with Crippen molar-refractivity contribution in [3.8, 4) is 0 Å². The molecule has 0 aliphatic rings. The average molecular weight is 300 g/mol. The van der Waals surface area contributed by atoms with Crippen molar-refractivity contribution in [3.63, 3.8) is 0 Å². The van der Waals surface area contributed by atoms with Crippen LogP contribution >= 0.6 is 0 Å². The Morgan fingerprint density at radius 1 is 0.905 bits per heavy atom. The molecule has 2 nitrogen and oxygen atoms in total. The van der Waals surface area contributed by atoms with Crippen LogP contribution in [0.2, 0.25) is 0 Å². The van der Waals surface area contributed by atoms with Crippen molar-refractivity contribution in [1.29, 1.82) is 0 Å². The van der Waals surface area contributed by atoms with Crippen LogP contribution in [0.15, 0.2) is 41.3 Å². The van der Waals surface area contributed by atoms with E-state index in [0.717, 1.165) is 27.1 Å². The lowest BCUT2D eigenvalue weighted by molar-refractivity contribution is 0.102. The van der Waals surface area contributed by atoms with Crippen molar-refractivity contribution in [1.82, 2.24) is 0 Å². The molecule has 1 atom stereocenters. The first-order chi connectivity index (χ1) is 9.88. The number of ketones is 1. The van der Waals surface area contributed by atoms with E-state index in [1.807, 2.05) is 64.1 Å². The molecule has 0 saturated heterocycles. The first-order valence-electron chi connectivity index (χ1n) is 6.94. The van der Waals surface area contributed by atoms with Gasteiger partial charge in [0.1, 0.15) is 0 Å². The molecular formula is C18H20O2S. The number of hydrogen-bond donors (Lipinski definition) is 0. The molecule has 0 radical (unpaired) electrons. The highest BCUT2D eigenvalue weighted by Gasteiger charge is 2.14. The van der Waals surface area contributed by atoms with Gasteiger partial charge in [-0.15, -0.1) is 0 Å². The molecule has 2 aromatic carbocycles. The molecule has 2 rings (SSSR count). The monoisotopic (exact) mass is 300 g/mol. The lowest BCUT2D eigenvalue weighted by atomic mass is 10.0. The lowest BCUT2D eigenvalue weighted by Gasteiger charge is -2.07. The van der Waals surface area contributed by atoms with Crippen LogP contribution in [0.25, 0.3) is 0 Å². The number of hydrogen-bond acceptors (Lipinski definition) is 2. The fourth-order valence-corrected chi connectivity index (χ4v) is 3.35. The minimum Gasteiger partial charge on any atom is -0.293 e. The second kappa shape index (κ2) is 6.35. The smallest absolute Gasteiger partial charge is 0.175 e. The molecule has 0 saturated carbocycles. The Kier molecular flexibility index (Phi) is 4.73. The van der Waals surface area contributed by atoms with Gasteiger partial charge in [0.15, 0.2) is 5.78 Å². The van der Waals surface area contributed by atoms with Crippen molar-refractivity contribution in [2.45, 2.75) is 32.6 Å². The molecular weight excluding hydrogens is 280 g/mol. The minimum absolute atomic E-state index is 0.0341. The topological polar surface area (TPSA) is 34.1 Å². The molecule has 0 fully saturated rings. The Hall–Kier alpha value is -1.74. The molecule has 0 spiro atoms. The Balaban J connectivity index is 2.18. The van der Waals surface area contributed by atoms with Crippen LogP contribution in [0.3, 0.4) is 0 Å². The fourth-order valence-electron chi connectivity index (χ4n) is 2.26. The zero-order chi connectivity index (χ0) is 15.6. The highest BCUT2D eigenvalue weighted by Crippen LogP contribution is 2.16. The molecule has 0 aromatic heterocycles. The van der Waals surface area contributed by atoms with Gasteiger partial charge in [-0.25, -0.2) is 0 Å². The Morgan fingerprint density at radius 2 is 1.62 bits per heavy atom. The van der Waals surface area contributed by atoms with Gasteiger partial charge in [-0.1, -0.05) is 29.8 Å². The van der Waals surface area contributed by atoms with E-state index in [0.29, 0.717) is 5.56 Å². The maximum atomic E-state index is 12.4. The van der Waals surface area contributed by atoms with Crippen molar-refractivity contribution >= 4 is 16.6 Å². The summed E-state index contributed by atoms with van der Waals surface area (Å²) in [6.45, 7) is 7.92. The van der Waals surface area contributed by atoms with Gasteiger partial charge in [-0.2, -0.15) is 0 Å². The summed E-state index contributed by atoms with van der Waals surface area (Å²) >= 11 is 0. The van der Waals surface area contributed by atoms with E-state index >= 15 is 0 Å². The second-order valence-corrected chi connectivity index (χ2v) is 6.93. The number of Topliss-reactive ketones (excluding diaryl/α,β-unsaturated/α-hetero) is 1. The summed E-state index contributed by atoms with van der Waals surface area (Å²) in [7, 11) is -1.30. The van der Waals surface area contributed by atoms with Crippen LogP contribution in [-0.4, -0.2) is 15.7 Å². The molecule has 21 heavy (non-hydrogen) atoms. The number of carbonyl (C=O) groups excluding carboxylic acids is 1. The predicted octanol–water partition coefficient (Wildman–Crippen LogP) is 3.91. The quantitative estimate of drug-likeness (QED) is 0.802. The van der Waals surface area contributed by atoms with Gasteiger partial charge < -0.3 is 0 Å². The molecule has 0 heterocycles. The van der Waals surface area contributed by atoms with Gasteiger partial charge in [0.05, 0.1) is 16.6 Å². The third kappa shape index (κ3) is 3.67. The summed E-state index contributed by atoms with van der Waals surface area (Å²) in [5, 5.41) is 0. The van der Waals surface area contributed by atoms with Crippen molar-refractivity contribution in [2.75, 3.05) is 5.75 Å². The third-order valence-electron chi connectivity index (χ3n) is 3.69. The number of rotatable bonds is 4. The number of aryl methyl sites for hydroxylation is 4. The first kappa shape index (κ1) is 15.6. The van der Waals surface area contributed by atoms with Crippen molar-refractivity contribution < 1.29 is 9.00 Å². The van der Waals surface area contributed by atoms with Crippen molar-refractivity contribution in [2.24, 2.45) is 0 Å². The van der Waals surface area contributed by atoms with Crippen LogP contribution in [-0.2, 0) is 10.8 Å². The summed E-state index contributed by atoms with van der Waals surface area (Å²) in [6.07, 6.45) is 0. The summed E-state index contributed by atoms with van der Waals surface area (Å²) in [5.74, 6) is -0.0316. The SMILES string of the molecule is Cc1ccc(C(=O)CS(=O)c2ccc(C)c(C)c2)c(C)c1. The van der Waals surface area contributed by atoms with Gasteiger partial charge in [-0.05, 0) is 56.5 Å². The van der Waals surface area contributed by atoms with Gasteiger partial charge >= 0.3 is 0 Å². The second-order valence-electron chi connectivity index (χ2n) is 5.48. The molecule has 0 bridgehead atoms. The van der Waals surface area contributed by atoms with Gasteiger partial charge in [-0.3, -0.25) is 9.00 Å². The molecule has 0 aliphatic heterocycles. The Bertz CT molecular complexity index is 717. The van der Waals surface area contributed by atoms with E-state index in [9.17, 15) is 9.00 Å². The van der Waals surface area contributed by atoms with Crippen LogP contribution in [0.4, 0.5) is 0 Å². The zero-order valence-electron chi connectivity index (χ0n) is 12.9. The molecule has 110 valence electrons. The van der Waals surface area contributed by atoms with E-state index in [1.165, 1.54) is 0 Å².